The third-order valence-electron chi connectivity index (χ3n) is 3.03. The van der Waals surface area contributed by atoms with Gasteiger partial charge in [0.05, 0.1) is 18.4 Å². The highest BCUT2D eigenvalue weighted by Gasteiger charge is 2.14. The van der Waals surface area contributed by atoms with E-state index in [0.29, 0.717) is 12.7 Å². The van der Waals surface area contributed by atoms with Crippen molar-refractivity contribution in [2.75, 3.05) is 25.1 Å². The van der Waals surface area contributed by atoms with Crippen LogP contribution in [0.3, 0.4) is 0 Å². The van der Waals surface area contributed by atoms with Gasteiger partial charge >= 0.3 is 0 Å². The Kier molecular flexibility index (Phi) is 5.42. The Morgan fingerprint density at radius 1 is 1.44 bits per heavy atom. The van der Waals surface area contributed by atoms with E-state index in [0.717, 1.165) is 50.4 Å². The first-order chi connectivity index (χ1) is 8.88. The molecule has 0 radical (unpaired) electrons. The van der Waals surface area contributed by atoms with Gasteiger partial charge in [0.15, 0.2) is 0 Å². The second-order valence-corrected chi connectivity index (χ2v) is 4.59. The molecule has 1 aliphatic rings. The number of ether oxygens (including phenoxy) is 2. The Labute approximate surface area is 109 Å². The Hall–Kier alpha value is -1.13. The molecule has 1 N–H and O–H groups in total. The normalized spacial score (nSPS) is 16.7. The smallest absolute Gasteiger partial charge is 0.0892 e. The molecule has 2 heterocycles. The molecule has 4 heteroatoms. The summed E-state index contributed by atoms with van der Waals surface area (Å²) in [6.45, 7) is 5.37. The average molecular weight is 250 g/mol. The average Bonchev–Trinajstić information content (AvgIpc) is 2.44. The highest BCUT2D eigenvalue weighted by atomic mass is 16.5. The van der Waals surface area contributed by atoms with Crippen molar-refractivity contribution in [2.45, 2.75) is 38.9 Å². The van der Waals surface area contributed by atoms with Crippen LogP contribution in [0.15, 0.2) is 18.3 Å². The van der Waals surface area contributed by atoms with Gasteiger partial charge < -0.3 is 14.8 Å². The highest BCUT2D eigenvalue weighted by molar-refractivity contribution is 5.42. The lowest BCUT2D eigenvalue weighted by Gasteiger charge is -2.22. The van der Waals surface area contributed by atoms with E-state index in [-0.39, 0.29) is 0 Å². The second kappa shape index (κ2) is 7.34. The maximum atomic E-state index is 5.86. The molecule has 0 aromatic carbocycles. The van der Waals surface area contributed by atoms with Crippen LogP contribution in [0, 0.1) is 0 Å². The number of anilines is 1. The minimum atomic E-state index is 0.327. The molecule has 4 nitrogen and oxygen atoms in total. The molecule has 0 spiro atoms. The molecule has 1 fully saturated rings. The first-order valence-corrected chi connectivity index (χ1v) is 6.76. The lowest BCUT2D eigenvalue weighted by Crippen LogP contribution is -2.23. The van der Waals surface area contributed by atoms with Crippen molar-refractivity contribution in [3.05, 3.63) is 24.0 Å². The molecule has 0 aliphatic carbocycles. The fourth-order valence-electron chi connectivity index (χ4n) is 1.98. The molecular weight excluding hydrogens is 228 g/mol. The van der Waals surface area contributed by atoms with E-state index in [1.807, 2.05) is 12.3 Å². The van der Waals surface area contributed by atoms with Gasteiger partial charge in [-0.3, -0.25) is 4.98 Å². The molecule has 0 amide bonds. The van der Waals surface area contributed by atoms with Gasteiger partial charge in [0.2, 0.25) is 0 Å². The van der Waals surface area contributed by atoms with Crippen LogP contribution in [-0.2, 0) is 16.1 Å². The van der Waals surface area contributed by atoms with Crippen LogP contribution in [0.5, 0.6) is 0 Å². The van der Waals surface area contributed by atoms with Gasteiger partial charge in [0, 0.05) is 31.6 Å². The van der Waals surface area contributed by atoms with Crippen molar-refractivity contribution in [3.63, 3.8) is 0 Å². The van der Waals surface area contributed by atoms with E-state index in [1.54, 1.807) is 0 Å². The van der Waals surface area contributed by atoms with Gasteiger partial charge in [-0.2, -0.15) is 0 Å². The largest absolute Gasteiger partial charge is 0.385 e. The van der Waals surface area contributed by atoms with Crippen LogP contribution in [0.4, 0.5) is 5.69 Å². The van der Waals surface area contributed by atoms with Crippen molar-refractivity contribution < 1.29 is 9.47 Å². The van der Waals surface area contributed by atoms with E-state index in [2.05, 4.69) is 23.3 Å². The van der Waals surface area contributed by atoms with E-state index < -0.39 is 0 Å². The lowest BCUT2D eigenvalue weighted by molar-refractivity contribution is -0.0399. The lowest BCUT2D eigenvalue weighted by atomic mass is 10.1. The van der Waals surface area contributed by atoms with E-state index in [1.165, 1.54) is 0 Å². The molecule has 2 rings (SSSR count). The zero-order valence-corrected chi connectivity index (χ0v) is 11.0. The minimum absolute atomic E-state index is 0.327. The number of hydrogen-bond acceptors (Lipinski definition) is 4. The van der Waals surface area contributed by atoms with E-state index >= 15 is 0 Å². The summed E-state index contributed by atoms with van der Waals surface area (Å²) >= 11 is 0. The Morgan fingerprint density at radius 3 is 3.06 bits per heavy atom. The molecule has 0 saturated carbocycles. The van der Waals surface area contributed by atoms with Crippen LogP contribution in [0.25, 0.3) is 0 Å². The fraction of sp³-hybridized carbons (Fsp3) is 0.643. The first kappa shape index (κ1) is 13.3. The van der Waals surface area contributed by atoms with Crippen LogP contribution in [0.2, 0.25) is 0 Å². The number of aromatic nitrogens is 1. The third-order valence-corrected chi connectivity index (χ3v) is 3.03. The van der Waals surface area contributed by atoms with Crippen LogP contribution < -0.4 is 5.32 Å². The number of nitrogens with one attached hydrogen (secondary N) is 1. The summed E-state index contributed by atoms with van der Waals surface area (Å²) in [6, 6.07) is 4.06. The molecule has 1 saturated heterocycles. The maximum absolute atomic E-state index is 5.86. The van der Waals surface area contributed by atoms with Gasteiger partial charge in [-0.25, -0.2) is 0 Å². The van der Waals surface area contributed by atoms with Gasteiger partial charge in [0.25, 0.3) is 0 Å². The Balaban J connectivity index is 1.80. The van der Waals surface area contributed by atoms with Gasteiger partial charge in [-0.05, 0) is 31.4 Å². The van der Waals surface area contributed by atoms with Crippen molar-refractivity contribution in [3.8, 4) is 0 Å². The van der Waals surface area contributed by atoms with E-state index in [4.69, 9.17) is 9.47 Å². The molecular formula is C14H22N2O2. The molecule has 100 valence electrons. The van der Waals surface area contributed by atoms with Crippen LogP contribution in [0.1, 0.15) is 31.9 Å². The molecule has 1 aromatic rings. The zero-order chi connectivity index (χ0) is 12.6. The second-order valence-electron chi connectivity index (χ2n) is 4.59. The van der Waals surface area contributed by atoms with Gasteiger partial charge in [-0.1, -0.05) is 6.92 Å². The molecule has 0 atom stereocenters. The summed E-state index contributed by atoms with van der Waals surface area (Å²) in [6.07, 6.45) is 5.27. The minimum Gasteiger partial charge on any atom is -0.385 e. The SMILES string of the molecule is CCCNc1ccnc(COC2CCOCC2)c1. The third kappa shape index (κ3) is 4.27. The van der Waals surface area contributed by atoms with Crippen molar-refractivity contribution in [2.24, 2.45) is 0 Å². The molecule has 1 aliphatic heterocycles. The molecule has 1 aromatic heterocycles. The zero-order valence-electron chi connectivity index (χ0n) is 11.0. The number of nitrogens with zero attached hydrogens (tertiary/aromatic N) is 1. The quantitative estimate of drug-likeness (QED) is 0.842. The van der Waals surface area contributed by atoms with Gasteiger partial charge in [0.1, 0.15) is 0 Å². The highest BCUT2D eigenvalue weighted by Crippen LogP contribution is 2.14. The molecule has 0 unspecified atom stereocenters. The Bertz CT molecular complexity index is 351. The topological polar surface area (TPSA) is 43.4 Å². The number of rotatable bonds is 6. The summed E-state index contributed by atoms with van der Waals surface area (Å²) < 4.78 is 11.2. The van der Waals surface area contributed by atoms with Gasteiger partial charge in [-0.15, -0.1) is 0 Å². The maximum Gasteiger partial charge on any atom is 0.0892 e. The van der Waals surface area contributed by atoms with E-state index in [9.17, 15) is 0 Å². The van der Waals surface area contributed by atoms with Crippen LogP contribution >= 0.6 is 0 Å². The predicted molar refractivity (Wildman–Crippen MR) is 71.6 cm³/mol. The van der Waals surface area contributed by atoms with Crippen molar-refractivity contribution >= 4 is 5.69 Å². The summed E-state index contributed by atoms with van der Waals surface area (Å²) in [5.74, 6) is 0. The Morgan fingerprint density at radius 2 is 2.28 bits per heavy atom. The summed E-state index contributed by atoms with van der Waals surface area (Å²) in [5.41, 5.74) is 2.11. The summed E-state index contributed by atoms with van der Waals surface area (Å²) in [5, 5.41) is 3.36. The first-order valence-electron chi connectivity index (χ1n) is 6.76. The fourth-order valence-corrected chi connectivity index (χ4v) is 1.98. The number of hydrogen-bond donors (Lipinski definition) is 1. The van der Waals surface area contributed by atoms with Crippen LogP contribution in [-0.4, -0.2) is 30.8 Å². The standard InChI is InChI=1S/C14H22N2O2/c1-2-6-15-12-3-7-16-13(10-12)11-18-14-4-8-17-9-5-14/h3,7,10,14H,2,4-6,8-9,11H2,1H3,(H,15,16). The number of pyridine rings is 1. The molecule has 18 heavy (non-hydrogen) atoms. The monoisotopic (exact) mass is 250 g/mol. The van der Waals surface area contributed by atoms with Crippen molar-refractivity contribution in [1.82, 2.24) is 4.98 Å². The molecule has 0 bridgehead atoms. The van der Waals surface area contributed by atoms with Crippen molar-refractivity contribution in [1.29, 1.82) is 0 Å². The summed E-state index contributed by atoms with van der Waals surface area (Å²) in [7, 11) is 0. The summed E-state index contributed by atoms with van der Waals surface area (Å²) in [4.78, 5) is 4.34. The predicted octanol–water partition coefficient (Wildman–Crippen LogP) is 2.60.